The van der Waals surface area contributed by atoms with Crippen molar-refractivity contribution in [3.05, 3.63) is 22.7 Å². The highest BCUT2D eigenvalue weighted by atomic mass is 79.9. The van der Waals surface area contributed by atoms with Crippen molar-refractivity contribution in [3.63, 3.8) is 0 Å². The highest BCUT2D eigenvalue weighted by Crippen LogP contribution is 2.32. The van der Waals surface area contributed by atoms with Gasteiger partial charge in [-0.3, -0.25) is 0 Å². The fraction of sp³-hybridized carbons (Fsp3) is 0.571. The number of nitrogens with one attached hydrogen (secondary N) is 1. The van der Waals surface area contributed by atoms with E-state index in [1.807, 2.05) is 12.1 Å². The zero-order chi connectivity index (χ0) is 12.4. The first-order valence-electron chi connectivity index (χ1n) is 6.36. The molecule has 2 atom stereocenters. The summed E-state index contributed by atoms with van der Waals surface area (Å²) in [5.41, 5.74) is 7.91. The molecule has 94 valence electrons. The molecule has 0 spiro atoms. The highest BCUT2D eigenvalue weighted by Gasteiger charge is 2.23. The van der Waals surface area contributed by atoms with E-state index in [9.17, 15) is 0 Å². The second-order valence-electron chi connectivity index (χ2n) is 5.49. The molecule has 3 heteroatoms. The van der Waals surface area contributed by atoms with Crippen LogP contribution in [0.3, 0.4) is 0 Å². The van der Waals surface area contributed by atoms with Crippen molar-refractivity contribution in [1.82, 2.24) is 0 Å². The Balaban J connectivity index is 2.04. The van der Waals surface area contributed by atoms with Gasteiger partial charge in [0.2, 0.25) is 0 Å². The van der Waals surface area contributed by atoms with Gasteiger partial charge in [0, 0.05) is 10.5 Å². The van der Waals surface area contributed by atoms with Crippen LogP contribution in [0.25, 0.3) is 0 Å². The van der Waals surface area contributed by atoms with Crippen LogP contribution in [0.4, 0.5) is 11.4 Å². The Hall–Kier alpha value is -0.700. The Kier molecular flexibility index (Phi) is 3.97. The third-order valence-corrected chi connectivity index (χ3v) is 4.05. The van der Waals surface area contributed by atoms with Crippen molar-refractivity contribution < 1.29 is 0 Å². The van der Waals surface area contributed by atoms with E-state index in [1.165, 1.54) is 19.3 Å². The fourth-order valence-corrected chi connectivity index (χ4v) is 3.33. The molecule has 1 aliphatic rings. The molecule has 0 saturated heterocycles. The van der Waals surface area contributed by atoms with E-state index in [0.29, 0.717) is 6.04 Å². The SMILES string of the molecule is CC1CC(C)CC(Nc2ccc(Br)cc2N)C1. The van der Waals surface area contributed by atoms with Crippen LogP contribution in [0, 0.1) is 11.8 Å². The number of benzene rings is 1. The lowest BCUT2D eigenvalue weighted by Crippen LogP contribution is -2.30. The van der Waals surface area contributed by atoms with Crippen LogP contribution >= 0.6 is 15.9 Å². The largest absolute Gasteiger partial charge is 0.397 e. The minimum atomic E-state index is 0.567. The molecule has 0 bridgehead atoms. The fourth-order valence-electron chi connectivity index (χ4n) is 2.95. The first-order valence-corrected chi connectivity index (χ1v) is 7.15. The molecule has 0 heterocycles. The molecule has 0 aliphatic heterocycles. The van der Waals surface area contributed by atoms with Crippen LogP contribution in [-0.2, 0) is 0 Å². The van der Waals surface area contributed by atoms with Gasteiger partial charge in [-0.2, -0.15) is 0 Å². The number of hydrogen-bond acceptors (Lipinski definition) is 2. The number of nitrogen functional groups attached to an aromatic ring is 1. The quantitative estimate of drug-likeness (QED) is 0.800. The van der Waals surface area contributed by atoms with E-state index in [4.69, 9.17) is 5.73 Å². The first-order chi connectivity index (χ1) is 8.04. The van der Waals surface area contributed by atoms with Crippen LogP contribution in [0.15, 0.2) is 22.7 Å². The average molecular weight is 297 g/mol. The summed E-state index contributed by atoms with van der Waals surface area (Å²) in [5.74, 6) is 1.63. The van der Waals surface area contributed by atoms with Gasteiger partial charge in [-0.25, -0.2) is 0 Å². The van der Waals surface area contributed by atoms with Crippen LogP contribution in [0.5, 0.6) is 0 Å². The van der Waals surface area contributed by atoms with Crippen molar-refractivity contribution in [2.24, 2.45) is 11.8 Å². The van der Waals surface area contributed by atoms with Crippen molar-refractivity contribution in [2.75, 3.05) is 11.1 Å². The molecular weight excluding hydrogens is 276 g/mol. The third kappa shape index (κ3) is 3.38. The summed E-state index contributed by atoms with van der Waals surface area (Å²) in [5, 5.41) is 3.59. The molecule has 0 amide bonds. The molecule has 0 radical (unpaired) electrons. The minimum absolute atomic E-state index is 0.567. The zero-order valence-corrected chi connectivity index (χ0v) is 12.1. The molecular formula is C14H21BrN2. The third-order valence-electron chi connectivity index (χ3n) is 3.55. The lowest BCUT2D eigenvalue weighted by atomic mass is 9.80. The van der Waals surface area contributed by atoms with Crippen LogP contribution < -0.4 is 11.1 Å². The minimum Gasteiger partial charge on any atom is -0.397 e. The van der Waals surface area contributed by atoms with Gasteiger partial charge in [-0.15, -0.1) is 0 Å². The van der Waals surface area contributed by atoms with Gasteiger partial charge in [0.15, 0.2) is 0 Å². The summed E-state index contributed by atoms with van der Waals surface area (Å²) in [7, 11) is 0. The molecule has 1 aromatic rings. The van der Waals surface area contributed by atoms with E-state index in [-0.39, 0.29) is 0 Å². The van der Waals surface area contributed by atoms with Gasteiger partial charge in [0.05, 0.1) is 11.4 Å². The molecule has 3 N–H and O–H groups in total. The maximum absolute atomic E-state index is 6.02. The Morgan fingerprint density at radius 2 is 1.82 bits per heavy atom. The molecule has 1 saturated carbocycles. The zero-order valence-electron chi connectivity index (χ0n) is 10.5. The first kappa shape index (κ1) is 12.7. The van der Waals surface area contributed by atoms with Crippen molar-refractivity contribution in [1.29, 1.82) is 0 Å². The van der Waals surface area contributed by atoms with Crippen LogP contribution in [0.1, 0.15) is 33.1 Å². The van der Waals surface area contributed by atoms with Gasteiger partial charge in [-0.1, -0.05) is 29.8 Å². The molecule has 17 heavy (non-hydrogen) atoms. The molecule has 1 aliphatic carbocycles. The highest BCUT2D eigenvalue weighted by molar-refractivity contribution is 9.10. The van der Waals surface area contributed by atoms with Gasteiger partial charge >= 0.3 is 0 Å². The van der Waals surface area contributed by atoms with E-state index < -0.39 is 0 Å². The standard InChI is InChI=1S/C14H21BrN2/c1-9-5-10(2)7-12(6-9)17-14-4-3-11(15)8-13(14)16/h3-4,8-10,12,17H,5-7,16H2,1-2H3. The smallest absolute Gasteiger partial charge is 0.0576 e. The summed E-state index contributed by atoms with van der Waals surface area (Å²) >= 11 is 3.43. The maximum atomic E-state index is 6.02. The number of nitrogens with two attached hydrogens (primary N) is 1. The monoisotopic (exact) mass is 296 g/mol. The van der Waals surface area contributed by atoms with Gasteiger partial charge in [0.1, 0.15) is 0 Å². The number of halogens is 1. The molecule has 0 aromatic heterocycles. The summed E-state index contributed by atoms with van der Waals surface area (Å²) in [6, 6.07) is 6.62. The van der Waals surface area contributed by atoms with Crippen molar-refractivity contribution in [3.8, 4) is 0 Å². The Morgan fingerprint density at radius 3 is 2.41 bits per heavy atom. The van der Waals surface area contributed by atoms with Crippen molar-refractivity contribution in [2.45, 2.75) is 39.2 Å². The van der Waals surface area contributed by atoms with E-state index >= 15 is 0 Å². The van der Waals surface area contributed by atoms with E-state index in [2.05, 4.69) is 41.2 Å². The summed E-state index contributed by atoms with van der Waals surface area (Å²) in [4.78, 5) is 0. The maximum Gasteiger partial charge on any atom is 0.0576 e. The molecule has 2 nitrogen and oxygen atoms in total. The Morgan fingerprint density at radius 1 is 1.18 bits per heavy atom. The Bertz CT molecular complexity index is 382. The Labute approximate surface area is 112 Å². The lowest BCUT2D eigenvalue weighted by molar-refractivity contribution is 0.281. The second-order valence-corrected chi connectivity index (χ2v) is 6.41. The van der Waals surface area contributed by atoms with Gasteiger partial charge < -0.3 is 11.1 Å². The van der Waals surface area contributed by atoms with Crippen LogP contribution in [0.2, 0.25) is 0 Å². The predicted molar refractivity (Wildman–Crippen MR) is 78.1 cm³/mol. The summed E-state index contributed by atoms with van der Waals surface area (Å²) < 4.78 is 1.03. The lowest BCUT2D eigenvalue weighted by Gasteiger charge is -2.32. The van der Waals surface area contributed by atoms with Gasteiger partial charge in [0.25, 0.3) is 0 Å². The molecule has 1 fully saturated rings. The average Bonchev–Trinajstić information content (AvgIpc) is 2.21. The number of anilines is 2. The summed E-state index contributed by atoms with van der Waals surface area (Å²) in [6.45, 7) is 4.69. The van der Waals surface area contributed by atoms with E-state index in [0.717, 1.165) is 27.7 Å². The normalized spacial score (nSPS) is 29.0. The number of hydrogen-bond donors (Lipinski definition) is 2. The molecule has 1 aromatic carbocycles. The van der Waals surface area contributed by atoms with Crippen molar-refractivity contribution >= 4 is 27.3 Å². The van der Waals surface area contributed by atoms with E-state index in [1.54, 1.807) is 0 Å². The summed E-state index contributed by atoms with van der Waals surface area (Å²) in [6.07, 6.45) is 3.85. The second kappa shape index (κ2) is 5.30. The topological polar surface area (TPSA) is 38.0 Å². The van der Waals surface area contributed by atoms with Crippen LogP contribution in [-0.4, -0.2) is 6.04 Å². The predicted octanol–water partition coefficient (Wildman–Crippen LogP) is 4.27. The molecule has 2 rings (SSSR count). The number of rotatable bonds is 2. The molecule has 2 unspecified atom stereocenters. The van der Waals surface area contributed by atoms with Gasteiger partial charge in [-0.05, 0) is 49.3 Å².